The smallest absolute Gasteiger partial charge is 0.0491 e. The van der Waals surface area contributed by atoms with Crippen LogP contribution in [-0.4, -0.2) is 25.8 Å². The third kappa shape index (κ3) is 2.43. The van der Waals surface area contributed by atoms with Crippen LogP contribution in [0.3, 0.4) is 0 Å². The van der Waals surface area contributed by atoms with E-state index in [-0.39, 0.29) is 12.1 Å². The molecule has 0 aromatic heterocycles. The molecule has 0 amide bonds. The summed E-state index contributed by atoms with van der Waals surface area (Å²) in [5.74, 6) is 0.634. The van der Waals surface area contributed by atoms with Crippen LogP contribution in [0, 0.1) is 5.92 Å². The fourth-order valence-electron chi connectivity index (χ4n) is 1.71. The van der Waals surface area contributed by atoms with E-state index in [0.29, 0.717) is 5.92 Å². The first-order valence-corrected chi connectivity index (χ1v) is 4.24. The van der Waals surface area contributed by atoms with Crippen molar-refractivity contribution >= 4 is 0 Å². The molecule has 1 rings (SSSR count). The van der Waals surface area contributed by atoms with Crippen LogP contribution >= 0.6 is 0 Å². The maximum Gasteiger partial charge on any atom is 0.0491 e. The lowest BCUT2D eigenvalue weighted by atomic mass is 9.84. The van der Waals surface area contributed by atoms with Gasteiger partial charge in [-0.2, -0.15) is 0 Å². The van der Waals surface area contributed by atoms with Crippen LogP contribution in [0.1, 0.15) is 19.3 Å². The number of hydrogen-bond acceptors (Lipinski definition) is 3. The van der Waals surface area contributed by atoms with Gasteiger partial charge in [0.2, 0.25) is 0 Å². The van der Waals surface area contributed by atoms with Gasteiger partial charge in [0, 0.05) is 25.8 Å². The zero-order chi connectivity index (χ0) is 8.27. The standard InChI is InChI=1S/C8H18N2O/c1-11-5-6-2-3-7(9)8(10)4-6/h6-8H,2-5,9-10H2,1H3/t6-,7-,8+/m0/s1. The summed E-state index contributed by atoms with van der Waals surface area (Å²) in [6.45, 7) is 0.834. The Labute approximate surface area is 68.1 Å². The van der Waals surface area contributed by atoms with Crippen molar-refractivity contribution in [1.82, 2.24) is 0 Å². The van der Waals surface area contributed by atoms with E-state index in [1.807, 2.05) is 0 Å². The lowest BCUT2D eigenvalue weighted by molar-refractivity contribution is 0.121. The summed E-state index contributed by atoms with van der Waals surface area (Å²) >= 11 is 0. The first-order valence-electron chi connectivity index (χ1n) is 4.24. The van der Waals surface area contributed by atoms with E-state index < -0.39 is 0 Å². The molecule has 0 radical (unpaired) electrons. The van der Waals surface area contributed by atoms with Gasteiger partial charge in [0.15, 0.2) is 0 Å². The molecule has 11 heavy (non-hydrogen) atoms. The molecule has 0 unspecified atom stereocenters. The molecular weight excluding hydrogens is 140 g/mol. The maximum absolute atomic E-state index is 5.82. The highest BCUT2D eigenvalue weighted by molar-refractivity contribution is 4.84. The SMILES string of the molecule is COC[C@H]1CC[C@H](N)[C@H](N)C1. The second kappa shape index (κ2) is 4.04. The summed E-state index contributed by atoms with van der Waals surface area (Å²) in [5, 5.41) is 0. The van der Waals surface area contributed by atoms with Crippen LogP contribution in [0.2, 0.25) is 0 Å². The average Bonchev–Trinajstić information content (AvgIpc) is 1.98. The molecular formula is C8H18N2O. The number of methoxy groups -OCH3 is 1. The van der Waals surface area contributed by atoms with E-state index >= 15 is 0 Å². The highest BCUT2D eigenvalue weighted by atomic mass is 16.5. The van der Waals surface area contributed by atoms with Gasteiger partial charge in [-0.25, -0.2) is 0 Å². The van der Waals surface area contributed by atoms with Crippen LogP contribution in [0.25, 0.3) is 0 Å². The average molecular weight is 158 g/mol. The van der Waals surface area contributed by atoms with Gasteiger partial charge in [-0.05, 0) is 25.2 Å². The quantitative estimate of drug-likeness (QED) is 0.598. The molecule has 0 heterocycles. The topological polar surface area (TPSA) is 61.3 Å². The number of nitrogens with two attached hydrogens (primary N) is 2. The molecule has 1 aliphatic rings. The van der Waals surface area contributed by atoms with Crippen molar-refractivity contribution < 1.29 is 4.74 Å². The minimum absolute atomic E-state index is 0.184. The summed E-state index contributed by atoms with van der Waals surface area (Å²) in [6.07, 6.45) is 3.24. The molecule has 0 bridgehead atoms. The van der Waals surface area contributed by atoms with Crippen LogP contribution in [0.5, 0.6) is 0 Å². The number of ether oxygens (including phenoxy) is 1. The van der Waals surface area contributed by atoms with E-state index in [9.17, 15) is 0 Å². The summed E-state index contributed by atoms with van der Waals surface area (Å²) < 4.78 is 5.07. The van der Waals surface area contributed by atoms with Crippen LogP contribution in [0.4, 0.5) is 0 Å². The molecule has 3 heteroatoms. The minimum atomic E-state index is 0.184. The van der Waals surface area contributed by atoms with Gasteiger partial charge in [-0.1, -0.05) is 0 Å². The first kappa shape index (κ1) is 8.97. The van der Waals surface area contributed by atoms with Crippen molar-refractivity contribution in [3.8, 4) is 0 Å². The Balaban J connectivity index is 2.28. The zero-order valence-electron chi connectivity index (χ0n) is 7.12. The molecule has 66 valence electrons. The summed E-state index contributed by atoms with van der Waals surface area (Å²) in [7, 11) is 1.74. The largest absolute Gasteiger partial charge is 0.384 e. The summed E-state index contributed by atoms with van der Waals surface area (Å²) in [5.41, 5.74) is 11.6. The first-order chi connectivity index (χ1) is 5.24. The number of hydrogen-bond donors (Lipinski definition) is 2. The molecule has 0 aliphatic heterocycles. The molecule has 0 saturated heterocycles. The van der Waals surface area contributed by atoms with Gasteiger partial charge in [0.25, 0.3) is 0 Å². The van der Waals surface area contributed by atoms with Crippen molar-refractivity contribution in [1.29, 1.82) is 0 Å². The van der Waals surface area contributed by atoms with E-state index in [2.05, 4.69) is 0 Å². The summed E-state index contributed by atoms with van der Waals surface area (Å²) in [4.78, 5) is 0. The Morgan fingerprint density at radius 3 is 2.55 bits per heavy atom. The maximum atomic E-state index is 5.82. The van der Waals surface area contributed by atoms with Crippen LogP contribution in [-0.2, 0) is 4.74 Å². The van der Waals surface area contributed by atoms with Crippen molar-refractivity contribution in [3.63, 3.8) is 0 Å². The monoisotopic (exact) mass is 158 g/mol. The highest BCUT2D eigenvalue weighted by Crippen LogP contribution is 2.22. The highest BCUT2D eigenvalue weighted by Gasteiger charge is 2.24. The third-order valence-electron chi connectivity index (χ3n) is 2.47. The molecule has 3 nitrogen and oxygen atoms in total. The summed E-state index contributed by atoms with van der Waals surface area (Å²) in [6, 6.07) is 0.395. The fraction of sp³-hybridized carbons (Fsp3) is 1.00. The van der Waals surface area contributed by atoms with E-state index in [1.165, 1.54) is 6.42 Å². The van der Waals surface area contributed by atoms with E-state index in [4.69, 9.17) is 16.2 Å². The van der Waals surface area contributed by atoms with E-state index in [0.717, 1.165) is 19.4 Å². The number of rotatable bonds is 2. The minimum Gasteiger partial charge on any atom is -0.384 e. The van der Waals surface area contributed by atoms with Gasteiger partial charge >= 0.3 is 0 Å². The van der Waals surface area contributed by atoms with Crippen LogP contribution in [0.15, 0.2) is 0 Å². The Bertz CT molecular complexity index is 119. The third-order valence-corrected chi connectivity index (χ3v) is 2.47. The fourth-order valence-corrected chi connectivity index (χ4v) is 1.71. The van der Waals surface area contributed by atoms with Crippen LogP contribution < -0.4 is 11.5 Å². The molecule has 0 spiro atoms. The van der Waals surface area contributed by atoms with Gasteiger partial charge in [0.1, 0.15) is 0 Å². The van der Waals surface area contributed by atoms with Gasteiger partial charge in [-0.3, -0.25) is 0 Å². The Morgan fingerprint density at radius 1 is 1.27 bits per heavy atom. The van der Waals surface area contributed by atoms with Crippen molar-refractivity contribution in [2.75, 3.05) is 13.7 Å². The second-order valence-corrected chi connectivity index (χ2v) is 3.46. The molecule has 4 N–H and O–H groups in total. The Hall–Kier alpha value is -0.120. The van der Waals surface area contributed by atoms with Crippen molar-refractivity contribution in [2.45, 2.75) is 31.3 Å². The zero-order valence-corrected chi connectivity index (χ0v) is 7.12. The Morgan fingerprint density at radius 2 is 2.00 bits per heavy atom. The Kier molecular flexibility index (Phi) is 3.30. The predicted molar refractivity (Wildman–Crippen MR) is 45.2 cm³/mol. The molecule has 1 fully saturated rings. The lowest BCUT2D eigenvalue weighted by Crippen LogP contribution is -2.46. The predicted octanol–water partition coefficient (Wildman–Crippen LogP) is 0.0875. The molecule has 0 aromatic rings. The van der Waals surface area contributed by atoms with Gasteiger partial charge in [-0.15, -0.1) is 0 Å². The van der Waals surface area contributed by atoms with E-state index in [1.54, 1.807) is 7.11 Å². The normalized spacial score (nSPS) is 39.0. The lowest BCUT2D eigenvalue weighted by Gasteiger charge is -2.31. The van der Waals surface area contributed by atoms with Crippen molar-refractivity contribution in [3.05, 3.63) is 0 Å². The van der Waals surface area contributed by atoms with Gasteiger partial charge < -0.3 is 16.2 Å². The van der Waals surface area contributed by atoms with Crippen molar-refractivity contribution in [2.24, 2.45) is 17.4 Å². The molecule has 0 aromatic carbocycles. The molecule has 1 aliphatic carbocycles. The molecule has 1 saturated carbocycles. The van der Waals surface area contributed by atoms with Gasteiger partial charge in [0.05, 0.1) is 0 Å². The second-order valence-electron chi connectivity index (χ2n) is 3.46. The molecule has 3 atom stereocenters.